The van der Waals surface area contributed by atoms with E-state index in [9.17, 15) is 0 Å². The highest BCUT2D eigenvalue weighted by atomic mass is 16.4. The predicted octanol–water partition coefficient (Wildman–Crippen LogP) is 7.29. The summed E-state index contributed by atoms with van der Waals surface area (Å²) < 4.78 is 0. The van der Waals surface area contributed by atoms with Crippen LogP contribution in [0.2, 0.25) is 0 Å². The first-order chi connectivity index (χ1) is 12.5. The molecule has 0 unspecified atom stereocenters. The van der Waals surface area contributed by atoms with Gasteiger partial charge in [-0.2, -0.15) is 0 Å². The molecule has 26 heavy (non-hydrogen) atoms. The third-order valence-electron chi connectivity index (χ3n) is 4.71. The Labute approximate surface area is 164 Å². The standard InChI is InChI=1S/C21H45N.C2H4O2/c1-4-5-6-7-8-9-10-11-12-13-14-15-16-17-18-19-20-21-22(2)3;1-2(3)4/h4-21H2,1-3H3;1H3,(H,3,4). The predicted molar refractivity (Wildman–Crippen MR) is 116 cm³/mol. The van der Waals surface area contributed by atoms with Crippen molar-refractivity contribution in [1.82, 2.24) is 4.90 Å². The first-order valence-electron chi connectivity index (χ1n) is 11.3. The Bertz CT molecular complexity index is 263. The van der Waals surface area contributed by atoms with E-state index in [0.29, 0.717) is 0 Å². The number of carbonyl (C=O) groups is 1. The first-order valence-corrected chi connectivity index (χ1v) is 11.3. The summed E-state index contributed by atoms with van der Waals surface area (Å²) in [5.74, 6) is -0.833. The van der Waals surface area contributed by atoms with Crippen molar-refractivity contribution >= 4 is 5.97 Å². The molecule has 0 aromatic heterocycles. The molecule has 0 aromatic carbocycles. The van der Waals surface area contributed by atoms with Gasteiger partial charge in [0.1, 0.15) is 0 Å². The molecule has 0 heterocycles. The average molecular weight is 372 g/mol. The monoisotopic (exact) mass is 371 g/mol. The Morgan fingerprint density at radius 2 is 0.846 bits per heavy atom. The van der Waals surface area contributed by atoms with E-state index in [4.69, 9.17) is 9.90 Å². The zero-order valence-electron chi connectivity index (χ0n) is 18.5. The van der Waals surface area contributed by atoms with E-state index >= 15 is 0 Å². The van der Waals surface area contributed by atoms with Gasteiger partial charge in [-0.1, -0.05) is 110 Å². The molecule has 0 fully saturated rings. The number of aliphatic carboxylic acids is 1. The third-order valence-corrected chi connectivity index (χ3v) is 4.71. The van der Waals surface area contributed by atoms with Gasteiger partial charge < -0.3 is 10.0 Å². The van der Waals surface area contributed by atoms with E-state index in [1.165, 1.54) is 116 Å². The van der Waals surface area contributed by atoms with Gasteiger partial charge >= 0.3 is 0 Å². The largest absolute Gasteiger partial charge is 0.481 e. The fourth-order valence-corrected chi connectivity index (χ4v) is 3.15. The van der Waals surface area contributed by atoms with E-state index in [1.54, 1.807) is 0 Å². The lowest BCUT2D eigenvalue weighted by Gasteiger charge is -2.08. The van der Waals surface area contributed by atoms with Gasteiger partial charge in [-0.05, 0) is 27.1 Å². The first kappa shape index (κ1) is 27.6. The van der Waals surface area contributed by atoms with Crippen molar-refractivity contribution in [2.24, 2.45) is 0 Å². The van der Waals surface area contributed by atoms with Crippen LogP contribution in [0.1, 0.15) is 123 Å². The van der Waals surface area contributed by atoms with Gasteiger partial charge in [0.05, 0.1) is 0 Å². The number of carboxylic acid groups (broad SMARTS) is 1. The molecule has 0 amide bonds. The number of nitrogens with zero attached hydrogens (tertiary/aromatic N) is 1. The summed E-state index contributed by atoms with van der Waals surface area (Å²) in [5.41, 5.74) is 0. The summed E-state index contributed by atoms with van der Waals surface area (Å²) in [4.78, 5) is 11.3. The van der Waals surface area contributed by atoms with Crippen LogP contribution in [0.5, 0.6) is 0 Å². The minimum absolute atomic E-state index is 0.833. The molecule has 0 atom stereocenters. The highest BCUT2D eigenvalue weighted by Gasteiger charge is 1.95. The van der Waals surface area contributed by atoms with Crippen molar-refractivity contribution < 1.29 is 9.90 Å². The number of hydrogen-bond donors (Lipinski definition) is 1. The topological polar surface area (TPSA) is 40.5 Å². The van der Waals surface area contributed by atoms with Crippen molar-refractivity contribution in [3.63, 3.8) is 0 Å². The van der Waals surface area contributed by atoms with Gasteiger partial charge in [-0.25, -0.2) is 0 Å². The molecule has 0 aromatic rings. The van der Waals surface area contributed by atoms with E-state index in [0.717, 1.165) is 6.92 Å². The lowest BCUT2D eigenvalue weighted by molar-refractivity contribution is -0.134. The van der Waals surface area contributed by atoms with Crippen molar-refractivity contribution in [3.8, 4) is 0 Å². The molecular formula is C23H49NO2. The van der Waals surface area contributed by atoms with Crippen molar-refractivity contribution in [1.29, 1.82) is 0 Å². The summed E-state index contributed by atoms with van der Waals surface area (Å²) in [5, 5.41) is 7.42. The summed E-state index contributed by atoms with van der Waals surface area (Å²) >= 11 is 0. The molecule has 3 heteroatoms. The van der Waals surface area contributed by atoms with Gasteiger partial charge in [-0.15, -0.1) is 0 Å². The Hall–Kier alpha value is -0.570. The third kappa shape index (κ3) is 34.7. The molecule has 0 aliphatic carbocycles. The molecular weight excluding hydrogens is 322 g/mol. The maximum atomic E-state index is 9.00. The summed E-state index contributed by atoms with van der Waals surface area (Å²) in [6, 6.07) is 0. The highest BCUT2D eigenvalue weighted by molar-refractivity contribution is 5.62. The number of unbranched alkanes of at least 4 members (excludes halogenated alkanes) is 16. The smallest absolute Gasteiger partial charge is 0.300 e. The summed E-state index contributed by atoms with van der Waals surface area (Å²) in [6.45, 7) is 4.64. The second-order valence-corrected chi connectivity index (χ2v) is 7.98. The molecule has 0 saturated heterocycles. The Morgan fingerprint density at radius 1 is 0.615 bits per heavy atom. The average Bonchev–Trinajstić information content (AvgIpc) is 2.57. The van der Waals surface area contributed by atoms with E-state index in [2.05, 4.69) is 25.9 Å². The molecule has 1 N–H and O–H groups in total. The Kier molecular flexibility index (Phi) is 26.0. The lowest BCUT2D eigenvalue weighted by Crippen LogP contribution is -2.12. The number of rotatable bonds is 18. The Balaban J connectivity index is 0. The molecule has 0 aliphatic heterocycles. The van der Waals surface area contributed by atoms with Crippen LogP contribution in [0.4, 0.5) is 0 Å². The minimum Gasteiger partial charge on any atom is -0.481 e. The van der Waals surface area contributed by atoms with Crippen LogP contribution < -0.4 is 0 Å². The van der Waals surface area contributed by atoms with Crippen LogP contribution in [0.3, 0.4) is 0 Å². The van der Waals surface area contributed by atoms with E-state index < -0.39 is 5.97 Å². The molecule has 0 bridgehead atoms. The SMILES string of the molecule is CC(=O)O.CCCCCCCCCCCCCCCCCCCN(C)C. The van der Waals surface area contributed by atoms with Gasteiger partial charge in [0.25, 0.3) is 5.97 Å². The van der Waals surface area contributed by atoms with E-state index in [-0.39, 0.29) is 0 Å². The number of hydrogen-bond acceptors (Lipinski definition) is 2. The molecule has 158 valence electrons. The fourth-order valence-electron chi connectivity index (χ4n) is 3.15. The maximum absolute atomic E-state index is 9.00. The highest BCUT2D eigenvalue weighted by Crippen LogP contribution is 2.13. The van der Waals surface area contributed by atoms with Crippen LogP contribution in [0, 0.1) is 0 Å². The quantitative estimate of drug-likeness (QED) is 0.257. The molecule has 3 nitrogen and oxygen atoms in total. The lowest BCUT2D eigenvalue weighted by atomic mass is 10.0. The van der Waals surface area contributed by atoms with Gasteiger partial charge in [0.15, 0.2) is 0 Å². The summed E-state index contributed by atoms with van der Waals surface area (Å²) in [6.07, 6.45) is 24.8. The second-order valence-electron chi connectivity index (χ2n) is 7.98. The van der Waals surface area contributed by atoms with Crippen LogP contribution in [0.15, 0.2) is 0 Å². The van der Waals surface area contributed by atoms with Crippen LogP contribution >= 0.6 is 0 Å². The molecule has 0 rings (SSSR count). The van der Waals surface area contributed by atoms with Gasteiger partial charge in [-0.3, -0.25) is 4.79 Å². The molecule has 0 radical (unpaired) electrons. The van der Waals surface area contributed by atoms with Crippen LogP contribution in [-0.4, -0.2) is 36.6 Å². The maximum Gasteiger partial charge on any atom is 0.300 e. The van der Waals surface area contributed by atoms with Crippen molar-refractivity contribution in [2.45, 2.75) is 123 Å². The van der Waals surface area contributed by atoms with Gasteiger partial charge in [0, 0.05) is 6.92 Å². The minimum atomic E-state index is -0.833. The second kappa shape index (κ2) is 24.4. The van der Waals surface area contributed by atoms with Crippen molar-refractivity contribution in [3.05, 3.63) is 0 Å². The normalized spacial score (nSPS) is 10.7. The van der Waals surface area contributed by atoms with Crippen LogP contribution in [0.25, 0.3) is 0 Å². The zero-order chi connectivity index (χ0) is 19.9. The van der Waals surface area contributed by atoms with Crippen LogP contribution in [-0.2, 0) is 4.79 Å². The van der Waals surface area contributed by atoms with E-state index in [1.807, 2.05) is 0 Å². The molecule has 0 saturated carbocycles. The summed E-state index contributed by atoms with van der Waals surface area (Å²) in [7, 11) is 4.35. The van der Waals surface area contributed by atoms with Crippen molar-refractivity contribution in [2.75, 3.05) is 20.6 Å². The zero-order valence-corrected chi connectivity index (χ0v) is 18.5. The molecule has 0 spiro atoms. The van der Waals surface area contributed by atoms with Gasteiger partial charge in [0.2, 0.25) is 0 Å². The number of carboxylic acids is 1. The molecule has 0 aliphatic rings. The Morgan fingerprint density at radius 3 is 1.08 bits per heavy atom. The fraction of sp³-hybridized carbons (Fsp3) is 0.957.